The second-order valence-corrected chi connectivity index (χ2v) is 13.5. The van der Waals surface area contributed by atoms with Crippen LogP contribution in [-0.4, -0.2) is 95.4 Å². The summed E-state index contributed by atoms with van der Waals surface area (Å²) in [5.41, 5.74) is 12.5. The molecule has 0 aliphatic heterocycles. The van der Waals surface area contributed by atoms with Crippen LogP contribution in [0.1, 0.15) is 77.7 Å². The summed E-state index contributed by atoms with van der Waals surface area (Å²) in [7, 11) is 3.21. The average molecular weight is 651 g/mol. The summed E-state index contributed by atoms with van der Waals surface area (Å²) in [4.78, 5) is 27.0. The van der Waals surface area contributed by atoms with Gasteiger partial charge in [0.15, 0.2) is 0 Å². The highest BCUT2D eigenvalue weighted by molar-refractivity contribution is 5.81. The normalized spacial score (nSPS) is 19.5. The van der Waals surface area contributed by atoms with Gasteiger partial charge >= 0.3 is 6.09 Å². The number of carbonyl (C=O) groups is 2. The summed E-state index contributed by atoms with van der Waals surface area (Å²) < 4.78 is 34.4. The van der Waals surface area contributed by atoms with E-state index in [1.807, 2.05) is 32.9 Å². The van der Waals surface area contributed by atoms with Crippen molar-refractivity contribution in [3.63, 3.8) is 0 Å². The molecule has 0 saturated heterocycles. The third-order valence-corrected chi connectivity index (χ3v) is 8.75. The number of hydrogen-bond acceptors (Lipinski definition) is 10. The Hall–Kier alpha value is -2.80. The Morgan fingerprint density at radius 3 is 2.24 bits per heavy atom. The zero-order valence-electron chi connectivity index (χ0n) is 28.7. The molecule has 2 aliphatic carbocycles. The van der Waals surface area contributed by atoms with E-state index in [1.165, 1.54) is 32.1 Å². The van der Waals surface area contributed by atoms with Crippen LogP contribution in [0.15, 0.2) is 12.1 Å². The summed E-state index contributed by atoms with van der Waals surface area (Å²) in [6.07, 6.45) is 7.96. The fourth-order valence-corrected chi connectivity index (χ4v) is 6.31. The standard InChI is InChI=1S/C34H58N4O8/c1-33(2,3)46-32(40)37-14-16-43-18-19-44-17-15-38(31(39)28(36)8-6-7-13-35)23-27-29(41-4)20-26(21-30(27)42-5)45-24-34-11-9-25(22-34)10-12-34/h20-21,25,28H,6-19,22-24,35-36H2,1-5H3,(H,37,40). The van der Waals surface area contributed by atoms with E-state index in [9.17, 15) is 9.59 Å². The highest BCUT2D eigenvalue weighted by Crippen LogP contribution is 2.54. The van der Waals surface area contributed by atoms with Gasteiger partial charge in [-0.2, -0.15) is 0 Å². The molecular weight excluding hydrogens is 592 g/mol. The highest BCUT2D eigenvalue weighted by atomic mass is 16.6. The number of hydrogen-bond donors (Lipinski definition) is 3. The maximum Gasteiger partial charge on any atom is 0.407 e. The van der Waals surface area contributed by atoms with Crippen molar-refractivity contribution in [2.45, 2.75) is 90.3 Å². The van der Waals surface area contributed by atoms with Gasteiger partial charge < -0.3 is 50.1 Å². The first-order valence-electron chi connectivity index (χ1n) is 16.7. The molecule has 2 saturated carbocycles. The van der Waals surface area contributed by atoms with Crippen molar-refractivity contribution in [1.82, 2.24) is 10.2 Å². The largest absolute Gasteiger partial charge is 0.496 e. The molecule has 1 unspecified atom stereocenters. The molecule has 3 rings (SSSR count). The van der Waals surface area contributed by atoms with Gasteiger partial charge in [-0.05, 0) is 78.2 Å². The van der Waals surface area contributed by atoms with Crippen LogP contribution in [-0.2, 0) is 25.5 Å². The summed E-state index contributed by atoms with van der Waals surface area (Å²) >= 11 is 0. The van der Waals surface area contributed by atoms with Crippen molar-refractivity contribution in [2.75, 3.05) is 66.9 Å². The first-order chi connectivity index (χ1) is 22.0. The van der Waals surface area contributed by atoms with E-state index in [-0.39, 0.29) is 24.5 Å². The predicted molar refractivity (Wildman–Crippen MR) is 176 cm³/mol. The SMILES string of the molecule is COc1cc(OCC23CCC(CC2)C3)cc(OC)c1CN(CCOCCOCCNC(=O)OC(C)(C)C)C(=O)C(N)CCCCN. The van der Waals surface area contributed by atoms with Crippen molar-refractivity contribution >= 4 is 12.0 Å². The van der Waals surface area contributed by atoms with Gasteiger partial charge in [0.2, 0.25) is 5.91 Å². The molecule has 2 bridgehead atoms. The number of nitrogens with one attached hydrogen (secondary N) is 1. The summed E-state index contributed by atoms with van der Waals surface area (Å²) in [6.45, 7) is 8.84. The quantitative estimate of drug-likeness (QED) is 0.166. The van der Waals surface area contributed by atoms with Gasteiger partial charge in [-0.1, -0.05) is 6.42 Å². The van der Waals surface area contributed by atoms with E-state index in [2.05, 4.69) is 5.32 Å². The Morgan fingerprint density at radius 1 is 1.02 bits per heavy atom. The van der Waals surface area contributed by atoms with Crippen LogP contribution in [0.25, 0.3) is 0 Å². The maximum atomic E-state index is 13.5. The molecule has 2 amide bonds. The number of alkyl carbamates (subject to hydrolysis) is 1. The van der Waals surface area contributed by atoms with Gasteiger partial charge in [-0.25, -0.2) is 4.79 Å². The third-order valence-electron chi connectivity index (χ3n) is 8.75. The minimum absolute atomic E-state index is 0.175. The van der Waals surface area contributed by atoms with E-state index in [0.29, 0.717) is 69.7 Å². The number of methoxy groups -OCH3 is 2. The van der Waals surface area contributed by atoms with Crippen LogP contribution in [0.2, 0.25) is 0 Å². The topological polar surface area (TPSA) is 157 Å². The Kier molecular flexibility index (Phi) is 15.2. The fourth-order valence-electron chi connectivity index (χ4n) is 6.31. The third kappa shape index (κ3) is 12.1. The molecular formula is C34H58N4O8. The Labute approximate surface area is 275 Å². The number of ether oxygens (including phenoxy) is 6. The lowest BCUT2D eigenvalue weighted by atomic mass is 9.85. The predicted octanol–water partition coefficient (Wildman–Crippen LogP) is 4.01. The van der Waals surface area contributed by atoms with Gasteiger partial charge in [0, 0.05) is 30.6 Å². The Balaban J connectivity index is 1.56. The molecule has 1 atom stereocenters. The zero-order chi connectivity index (χ0) is 33.6. The van der Waals surface area contributed by atoms with Gasteiger partial charge in [0.05, 0.1) is 65.4 Å². The monoisotopic (exact) mass is 650 g/mol. The summed E-state index contributed by atoms with van der Waals surface area (Å²) in [6, 6.07) is 3.10. The second kappa shape index (κ2) is 18.5. The summed E-state index contributed by atoms with van der Waals surface area (Å²) in [5.74, 6) is 2.55. The molecule has 46 heavy (non-hydrogen) atoms. The van der Waals surface area contributed by atoms with Crippen LogP contribution >= 0.6 is 0 Å². The number of unbranched alkanes of at least 4 members (excludes halogenated alkanes) is 1. The molecule has 2 fully saturated rings. The zero-order valence-corrected chi connectivity index (χ0v) is 28.7. The second-order valence-electron chi connectivity index (χ2n) is 13.5. The number of amides is 2. The van der Waals surface area contributed by atoms with Gasteiger partial charge in [0.25, 0.3) is 0 Å². The van der Waals surface area contributed by atoms with Gasteiger partial charge in [-0.15, -0.1) is 0 Å². The van der Waals surface area contributed by atoms with E-state index in [0.717, 1.165) is 24.3 Å². The van der Waals surface area contributed by atoms with Crippen molar-refractivity contribution in [1.29, 1.82) is 0 Å². The molecule has 0 aromatic heterocycles. The number of fused-ring (bicyclic) bond motifs is 2. The first kappa shape index (κ1) is 37.7. The number of nitrogens with two attached hydrogens (primary N) is 2. The molecule has 12 nitrogen and oxygen atoms in total. The highest BCUT2D eigenvalue weighted by Gasteiger charge is 2.45. The van der Waals surface area contributed by atoms with E-state index >= 15 is 0 Å². The van der Waals surface area contributed by atoms with E-state index < -0.39 is 17.7 Å². The lowest BCUT2D eigenvalue weighted by Crippen LogP contribution is -2.45. The lowest BCUT2D eigenvalue weighted by Gasteiger charge is -2.28. The van der Waals surface area contributed by atoms with Crippen molar-refractivity contribution < 1.29 is 38.0 Å². The molecule has 0 radical (unpaired) electrons. The van der Waals surface area contributed by atoms with E-state index in [1.54, 1.807) is 19.1 Å². The number of carbonyl (C=O) groups excluding carboxylic acids is 2. The molecule has 0 heterocycles. The van der Waals surface area contributed by atoms with Gasteiger partial charge in [-0.3, -0.25) is 4.79 Å². The molecule has 2 aliphatic rings. The van der Waals surface area contributed by atoms with Crippen LogP contribution in [0, 0.1) is 11.3 Å². The van der Waals surface area contributed by atoms with E-state index in [4.69, 9.17) is 39.9 Å². The Morgan fingerprint density at radius 2 is 1.67 bits per heavy atom. The van der Waals surface area contributed by atoms with Crippen LogP contribution < -0.4 is 31.0 Å². The number of nitrogens with zero attached hydrogens (tertiary/aromatic N) is 1. The Bertz CT molecular complexity index is 1060. The molecule has 1 aromatic carbocycles. The molecule has 1 aromatic rings. The van der Waals surface area contributed by atoms with Crippen molar-refractivity contribution in [3.05, 3.63) is 17.7 Å². The molecule has 12 heteroatoms. The molecule has 0 spiro atoms. The number of rotatable bonds is 21. The maximum absolute atomic E-state index is 13.5. The molecule has 262 valence electrons. The average Bonchev–Trinajstić information content (AvgIpc) is 3.63. The minimum Gasteiger partial charge on any atom is -0.496 e. The van der Waals surface area contributed by atoms with Crippen molar-refractivity contribution in [3.8, 4) is 17.2 Å². The van der Waals surface area contributed by atoms with Crippen molar-refractivity contribution in [2.24, 2.45) is 22.8 Å². The lowest BCUT2D eigenvalue weighted by molar-refractivity contribution is -0.134. The van der Waals surface area contributed by atoms with Crippen LogP contribution in [0.5, 0.6) is 17.2 Å². The number of benzene rings is 1. The van der Waals surface area contributed by atoms with Gasteiger partial charge in [0.1, 0.15) is 22.8 Å². The molecule has 5 N–H and O–H groups in total. The van der Waals surface area contributed by atoms with Crippen LogP contribution in [0.3, 0.4) is 0 Å². The fraction of sp³-hybridized carbons (Fsp3) is 0.765. The van der Waals surface area contributed by atoms with Crippen LogP contribution in [0.4, 0.5) is 4.79 Å². The minimum atomic E-state index is -0.659. The first-order valence-corrected chi connectivity index (χ1v) is 16.7. The smallest absolute Gasteiger partial charge is 0.407 e. The summed E-state index contributed by atoms with van der Waals surface area (Å²) in [5, 5.41) is 2.65.